The molecule has 0 aliphatic carbocycles. The topological polar surface area (TPSA) is 29.0 Å². The standard InChI is InChI=1S/C11H12BrN3S/c1-8(10-4-3-5-16-10)15(2)11-9(12)6-13-7-14-11/h3-8H,1-2H3. The van der Waals surface area contributed by atoms with E-state index in [9.17, 15) is 0 Å². The number of thiophene rings is 1. The van der Waals surface area contributed by atoms with Crippen LogP contribution in [0.4, 0.5) is 5.82 Å². The van der Waals surface area contributed by atoms with Crippen molar-refractivity contribution in [3.8, 4) is 0 Å². The Hall–Kier alpha value is -0.940. The lowest BCUT2D eigenvalue weighted by Crippen LogP contribution is -2.22. The van der Waals surface area contributed by atoms with Gasteiger partial charge in [0.05, 0.1) is 10.5 Å². The third kappa shape index (κ3) is 2.25. The zero-order valence-corrected chi connectivity index (χ0v) is 11.5. The second-order valence-corrected chi connectivity index (χ2v) is 5.33. The van der Waals surface area contributed by atoms with Gasteiger partial charge in [-0.3, -0.25) is 0 Å². The van der Waals surface area contributed by atoms with E-state index in [2.05, 4.69) is 55.2 Å². The van der Waals surface area contributed by atoms with Gasteiger partial charge >= 0.3 is 0 Å². The molecule has 0 aliphatic heterocycles. The summed E-state index contributed by atoms with van der Waals surface area (Å²) in [5.41, 5.74) is 0. The summed E-state index contributed by atoms with van der Waals surface area (Å²) in [6.07, 6.45) is 3.33. The fourth-order valence-corrected chi connectivity index (χ4v) is 2.80. The summed E-state index contributed by atoms with van der Waals surface area (Å²) >= 11 is 5.22. The van der Waals surface area contributed by atoms with Gasteiger partial charge in [0.1, 0.15) is 12.1 Å². The molecule has 2 heterocycles. The van der Waals surface area contributed by atoms with Gasteiger partial charge in [0.25, 0.3) is 0 Å². The lowest BCUT2D eigenvalue weighted by molar-refractivity contribution is 0.738. The van der Waals surface area contributed by atoms with Gasteiger partial charge in [-0.05, 0) is 34.3 Å². The molecule has 0 aromatic carbocycles. The molecule has 0 spiro atoms. The normalized spacial score (nSPS) is 12.4. The lowest BCUT2D eigenvalue weighted by atomic mass is 10.2. The third-order valence-corrected chi connectivity index (χ3v) is 4.12. The Bertz CT molecular complexity index is 458. The smallest absolute Gasteiger partial charge is 0.146 e. The fraction of sp³-hybridized carbons (Fsp3) is 0.273. The van der Waals surface area contributed by atoms with E-state index >= 15 is 0 Å². The maximum atomic E-state index is 4.28. The van der Waals surface area contributed by atoms with Crippen LogP contribution < -0.4 is 4.90 Å². The summed E-state index contributed by atoms with van der Waals surface area (Å²) in [6, 6.07) is 4.52. The molecular formula is C11H12BrN3S. The number of hydrogen-bond donors (Lipinski definition) is 0. The van der Waals surface area contributed by atoms with E-state index in [0.717, 1.165) is 10.3 Å². The van der Waals surface area contributed by atoms with Gasteiger partial charge in [-0.25, -0.2) is 9.97 Å². The first-order valence-corrected chi connectivity index (χ1v) is 6.59. The molecule has 0 radical (unpaired) electrons. The molecule has 5 heteroatoms. The van der Waals surface area contributed by atoms with Gasteiger partial charge < -0.3 is 4.90 Å². The van der Waals surface area contributed by atoms with Crippen LogP contribution in [0.1, 0.15) is 17.8 Å². The van der Waals surface area contributed by atoms with E-state index in [1.54, 1.807) is 23.9 Å². The Morgan fingerprint density at radius 3 is 2.94 bits per heavy atom. The van der Waals surface area contributed by atoms with Crippen molar-refractivity contribution in [1.82, 2.24) is 9.97 Å². The number of hydrogen-bond acceptors (Lipinski definition) is 4. The highest BCUT2D eigenvalue weighted by Gasteiger charge is 2.16. The highest BCUT2D eigenvalue weighted by atomic mass is 79.9. The largest absolute Gasteiger partial charge is 0.351 e. The highest BCUT2D eigenvalue weighted by molar-refractivity contribution is 9.10. The number of anilines is 1. The minimum Gasteiger partial charge on any atom is -0.351 e. The van der Waals surface area contributed by atoms with Crippen LogP contribution in [0.3, 0.4) is 0 Å². The zero-order valence-electron chi connectivity index (χ0n) is 9.09. The lowest BCUT2D eigenvalue weighted by Gasteiger charge is -2.25. The summed E-state index contributed by atoms with van der Waals surface area (Å²) in [5.74, 6) is 0.913. The minimum absolute atomic E-state index is 0.311. The van der Waals surface area contributed by atoms with Gasteiger partial charge in [0.2, 0.25) is 0 Å². The average Bonchev–Trinajstić information content (AvgIpc) is 2.81. The first-order valence-electron chi connectivity index (χ1n) is 4.92. The molecule has 0 amide bonds. The van der Waals surface area contributed by atoms with Gasteiger partial charge in [0.15, 0.2) is 0 Å². The monoisotopic (exact) mass is 297 g/mol. The molecule has 2 aromatic rings. The van der Waals surface area contributed by atoms with Crippen molar-refractivity contribution < 1.29 is 0 Å². The summed E-state index contributed by atoms with van der Waals surface area (Å²) in [4.78, 5) is 11.7. The number of rotatable bonds is 3. The molecular weight excluding hydrogens is 286 g/mol. The molecule has 0 bridgehead atoms. The van der Waals surface area contributed by atoms with Gasteiger partial charge in [-0.15, -0.1) is 11.3 Å². The number of nitrogens with zero attached hydrogens (tertiary/aromatic N) is 3. The summed E-state index contributed by atoms with van der Waals surface area (Å²) in [5, 5.41) is 2.09. The van der Waals surface area contributed by atoms with E-state index in [4.69, 9.17) is 0 Å². The first-order chi connectivity index (χ1) is 7.70. The van der Waals surface area contributed by atoms with E-state index in [-0.39, 0.29) is 0 Å². The Morgan fingerprint density at radius 2 is 2.31 bits per heavy atom. The van der Waals surface area contributed by atoms with Crippen LogP contribution in [0.15, 0.2) is 34.5 Å². The van der Waals surface area contributed by atoms with Crippen molar-refractivity contribution in [3.05, 3.63) is 39.4 Å². The highest BCUT2D eigenvalue weighted by Crippen LogP contribution is 2.30. The summed E-state index contributed by atoms with van der Waals surface area (Å²) < 4.78 is 0.918. The Morgan fingerprint density at radius 1 is 1.50 bits per heavy atom. The van der Waals surface area contributed by atoms with Crippen LogP contribution in [0, 0.1) is 0 Å². The molecule has 84 valence electrons. The quantitative estimate of drug-likeness (QED) is 0.868. The average molecular weight is 298 g/mol. The third-order valence-electron chi connectivity index (χ3n) is 2.52. The van der Waals surface area contributed by atoms with Crippen molar-refractivity contribution in [2.24, 2.45) is 0 Å². The SMILES string of the molecule is CC(c1cccs1)N(C)c1ncncc1Br. The van der Waals surface area contributed by atoms with E-state index in [1.165, 1.54) is 4.88 Å². The minimum atomic E-state index is 0.311. The van der Waals surface area contributed by atoms with Gasteiger partial charge in [-0.1, -0.05) is 6.07 Å². The molecule has 2 rings (SSSR count). The van der Waals surface area contributed by atoms with Crippen LogP contribution in [0.2, 0.25) is 0 Å². The van der Waals surface area contributed by atoms with Gasteiger partial charge in [0, 0.05) is 18.1 Å². The predicted octanol–water partition coefficient (Wildman–Crippen LogP) is 3.50. The first kappa shape index (κ1) is 11.5. The maximum absolute atomic E-state index is 4.28. The van der Waals surface area contributed by atoms with E-state index in [0.29, 0.717) is 6.04 Å². The summed E-state index contributed by atoms with van der Waals surface area (Å²) in [6.45, 7) is 2.17. The van der Waals surface area contributed by atoms with Crippen molar-refractivity contribution in [2.45, 2.75) is 13.0 Å². The fourth-order valence-electron chi connectivity index (χ4n) is 1.47. The molecule has 0 aliphatic rings. The van der Waals surface area contributed by atoms with Crippen molar-refractivity contribution >= 4 is 33.1 Å². The Labute approximate surface area is 107 Å². The van der Waals surface area contributed by atoms with E-state index < -0.39 is 0 Å². The molecule has 0 saturated heterocycles. The zero-order chi connectivity index (χ0) is 11.5. The van der Waals surface area contributed by atoms with Crippen molar-refractivity contribution in [1.29, 1.82) is 0 Å². The number of aromatic nitrogens is 2. The Balaban J connectivity index is 2.26. The molecule has 0 saturated carbocycles. The van der Waals surface area contributed by atoms with Crippen LogP contribution in [-0.2, 0) is 0 Å². The molecule has 0 fully saturated rings. The molecule has 2 aromatic heterocycles. The number of halogens is 1. The molecule has 1 atom stereocenters. The second kappa shape index (κ2) is 4.93. The van der Waals surface area contributed by atoms with Crippen molar-refractivity contribution in [2.75, 3.05) is 11.9 Å². The molecule has 0 N–H and O–H groups in total. The molecule has 3 nitrogen and oxygen atoms in total. The summed E-state index contributed by atoms with van der Waals surface area (Å²) in [7, 11) is 2.04. The van der Waals surface area contributed by atoms with Crippen LogP contribution in [0.25, 0.3) is 0 Å². The molecule has 1 unspecified atom stereocenters. The van der Waals surface area contributed by atoms with Crippen LogP contribution >= 0.6 is 27.3 Å². The Kier molecular flexibility index (Phi) is 3.56. The van der Waals surface area contributed by atoms with Crippen LogP contribution in [0.5, 0.6) is 0 Å². The molecule has 16 heavy (non-hydrogen) atoms. The second-order valence-electron chi connectivity index (χ2n) is 3.50. The van der Waals surface area contributed by atoms with Gasteiger partial charge in [-0.2, -0.15) is 0 Å². The van der Waals surface area contributed by atoms with Crippen LogP contribution in [-0.4, -0.2) is 17.0 Å². The van der Waals surface area contributed by atoms with E-state index in [1.807, 2.05) is 7.05 Å². The van der Waals surface area contributed by atoms with Crippen molar-refractivity contribution in [3.63, 3.8) is 0 Å². The maximum Gasteiger partial charge on any atom is 0.146 e. The predicted molar refractivity (Wildman–Crippen MR) is 70.9 cm³/mol.